The molecule has 0 spiro atoms. The van der Waals surface area contributed by atoms with Gasteiger partial charge in [0.1, 0.15) is 0 Å². The smallest absolute Gasteiger partial charge is 0.0171 e. The van der Waals surface area contributed by atoms with Crippen molar-refractivity contribution < 1.29 is 0 Å². The highest BCUT2D eigenvalue weighted by Gasteiger charge is 2.80. The number of rotatable bonds is 9. The van der Waals surface area contributed by atoms with Crippen molar-refractivity contribution in [2.75, 3.05) is 0 Å². The SMILES string of the molecule is CCCC(CC)CC1(C)C(C)C1(CC(C)CC)C1C(C)C1(C)C. The average Bonchev–Trinajstić information content (AvgIpc) is 3.18. The van der Waals surface area contributed by atoms with Crippen molar-refractivity contribution in [2.24, 2.45) is 45.8 Å². The Kier molecular flexibility index (Phi) is 5.36. The fourth-order valence-electron chi connectivity index (χ4n) is 6.76. The lowest BCUT2D eigenvalue weighted by Crippen LogP contribution is -2.22. The molecule has 2 rings (SSSR count). The molecule has 23 heavy (non-hydrogen) atoms. The molecule has 7 atom stereocenters. The molecule has 0 nitrogen and oxygen atoms in total. The van der Waals surface area contributed by atoms with Crippen molar-refractivity contribution in [2.45, 2.75) is 101 Å². The summed E-state index contributed by atoms with van der Waals surface area (Å²) in [5.74, 6) is 4.63. The predicted molar refractivity (Wildman–Crippen MR) is 104 cm³/mol. The predicted octanol–water partition coefficient (Wildman–Crippen LogP) is 7.57. The van der Waals surface area contributed by atoms with E-state index in [1.165, 1.54) is 38.5 Å². The Hall–Kier alpha value is 0. The van der Waals surface area contributed by atoms with Crippen molar-refractivity contribution in [1.29, 1.82) is 0 Å². The van der Waals surface area contributed by atoms with Gasteiger partial charge < -0.3 is 0 Å². The second kappa shape index (κ2) is 6.38. The first-order valence-electron chi connectivity index (χ1n) is 10.6. The Bertz CT molecular complexity index is 408. The highest BCUT2D eigenvalue weighted by Crippen LogP contribution is 2.86. The van der Waals surface area contributed by atoms with Crippen LogP contribution >= 0.6 is 0 Å². The van der Waals surface area contributed by atoms with Crippen LogP contribution in [0, 0.1) is 45.8 Å². The van der Waals surface area contributed by atoms with Crippen molar-refractivity contribution in [3.63, 3.8) is 0 Å². The van der Waals surface area contributed by atoms with Crippen LogP contribution in [0.4, 0.5) is 0 Å². The van der Waals surface area contributed by atoms with Crippen LogP contribution in [0.15, 0.2) is 0 Å². The first kappa shape index (κ1) is 19.3. The molecule has 0 saturated heterocycles. The van der Waals surface area contributed by atoms with Crippen molar-refractivity contribution in [3.05, 3.63) is 0 Å². The van der Waals surface area contributed by atoms with Crippen LogP contribution in [0.2, 0.25) is 0 Å². The fraction of sp³-hybridized carbons (Fsp3) is 1.00. The third-order valence-electron chi connectivity index (χ3n) is 9.00. The Morgan fingerprint density at radius 3 is 1.87 bits per heavy atom. The van der Waals surface area contributed by atoms with E-state index >= 15 is 0 Å². The molecule has 2 aliphatic rings. The molecule has 7 unspecified atom stereocenters. The van der Waals surface area contributed by atoms with E-state index in [1.807, 2.05) is 0 Å². The third kappa shape index (κ3) is 2.81. The summed E-state index contributed by atoms with van der Waals surface area (Å²) in [4.78, 5) is 0. The topological polar surface area (TPSA) is 0 Å². The lowest BCUT2D eigenvalue weighted by molar-refractivity contribution is 0.189. The van der Waals surface area contributed by atoms with Crippen molar-refractivity contribution in [3.8, 4) is 0 Å². The molecule has 0 bridgehead atoms. The monoisotopic (exact) mass is 320 g/mol. The first-order valence-corrected chi connectivity index (χ1v) is 10.6. The summed E-state index contributed by atoms with van der Waals surface area (Å²) in [7, 11) is 0. The zero-order valence-electron chi connectivity index (χ0n) is 17.6. The third-order valence-corrected chi connectivity index (χ3v) is 9.00. The van der Waals surface area contributed by atoms with Gasteiger partial charge in [-0.3, -0.25) is 0 Å². The zero-order valence-corrected chi connectivity index (χ0v) is 17.6. The van der Waals surface area contributed by atoms with Crippen molar-refractivity contribution >= 4 is 0 Å². The maximum absolute atomic E-state index is 2.67. The van der Waals surface area contributed by atoms with Crippen LogP contribution in [0.3, 0.4) is 0 Å². The van der Waals surface area contributed by atoms with E-state index in [4.69, 9.17) is 0 Å². The normalized spacial score (nSPS) is 44.0. The minimum absolute atomic E-state index is 0.575. The lowest BCUT2D eigenvalue weighted by Gasteiger charge is -2.30. The number of hydrogen-bond acceptors (Lipinski definition) is 0. The highest BCUT2D eigenvalue weighted by atomic mass is 14.8. The standard InChI is InChI=1S/C23H44/c1-10-13-19(12-3)15-22(9)18(6)23(22,14-16(4)11-2)20-17(5)21(20,7)8/h16-20H,10-15H2,1-9H3. The van der Waals surface area contributed by atoms with Crippen LogP contribution in [-0.2, 0) is 0 Å². The molecular weight excluding hydrogens is 276 g/mol. The average molecular weight is 321 g/mol. The summed E-state index contributed by atoms with van der Waals surface area (Å²) in [5, 5.41) is 0. The molecule has 0 aliphatic heterocycles. The van der Waals surface area contributed by atoms with E-state index in [0.29, 0.717) is 16.2 Å². The molecular formula is C23H44. The highest BCUT2D eigenvalue weighted by molar-refractivity contribution is 5.28. The van der Waals surface area contributed by atoms with E-state index in [1.54, 1.807) is 0 Å². The van der Waals surface area contributed by atoms with Gasteiger partial charge in [-0.2, -0.15) is 0 Å². The molecule has 0 N–H and O–H groups in total. The first-order chi connectivity index (χ1) is 10.6. The summed E-state index contributed by atoms with van der Waals surface area (Å²) in [5.41, 5.74) is 1.80. The van der Waals surface area contributed by atoms with E-state index < -0.39 is 0 Å². The lowest BCUT2D eigenvalue weighted by atomic mass is 9.75. The van der Waals surface area contributed by atoms with Gasteiger partial charge in [-0.25, -0.2) is 0 Å². The summed E-state index contributed by atoms with van der Waals surface area (Å²) in [6, 6.07) is 0. The summed E-state index contributed by atoms with van der Waals surface area (Å²) in [6.07, 6.45) is 8.46. The fourth-order valence-corrected chi connectivity index (χ4v) is 6.76. The van der Waals surface area contributed by atoms with Gasteiger partial charge in [-0.05, 0) is 58.7 Å². The van der Waals surface area contributed by atoms with Crippen LogP contribution in [0.25, 0.3) is 0 Å². The minimum Gasteiger partial charge on any atom is -0.0654 e. The molecule has 0 amide bonds. The van der Waals surface area contributed by atoms with E-state index in [9.17, 15) is 0 Å². The molecule has 2 saturated carbocycles. The van der Waals surface area contributed by atoms with Gasteiger partial charge in [-0.15, -0.1) is 0 Å². The summed E-state index contributed by atoms with van der Waals surface area (Å²) >= 11 is 0. The second-order valence-corrected chi connectivity index (χ2v) is 10.3. The summed E-state index contributed by atoms with van der Waals surface area (Å²) < 4.78 is 0. The minimum atomic E-state index is 0.575. The van der Waals surface area contributed by atoms with Gasteiger partial charge in [0.15, 0.2) is 0 Å². The van der Waals surface area contributed by atoms with Gasteiger partial charge in [0.25, 0.3) is 0 Å². The molecule has 0 heterocycles. The molecule has 136 valence electrons. The Morgan fingerprint density at radius 1 is 0.913 bits per heavy atom. The molecule has 0 aromatic carbocycles. The van der Waals surface area contributed by atoms with Crippen LogP contribution in [-0.4, -0.2) is 0 Å². The van der Waals surface area contributed by atoms with Gasteiger partial charge in [0.05, 0.1) is 0 Å². The Labute approximate surface area is 147 Å². The van der Waals surface area contributed by atoms with Crippen LogP contribution in [0.5, 0.6) is 0 Å². The van der Waals surface area contributed by atoms with Crippen LogP contribution in [0.1, 0.15) is 101 Å². The zero-order chi connectivity index (χ0) is 17.6. The Morgan fingerprint density at radius 2 is 1.48 bits per heavy atom. The van der Waals surface area contributed by atoms with Gasteiger partial charge in [0.2, 0.25) is 0 Å². The van der Waals surface area contributed by atoms with Crippen LogP contribution < -0.4 is 0 Å². The van der Waals surface area contributed by atoms with Crippen molar-refractivity contribution in [1.82, 2.24) is 0 Å². The number of hydrogen-bond donors (Lipinski definition) is 0. The molecule has 0 aromatic heterocycles. The largest absolute Gasteiger partial charge is 0.0654 e. The van der Waals surface area contributed by atoms with E-state index in [-0.39, 0.29) is 0 Å². The quantitative estimate of drug-likeness (QED) is 0.411. The second-order valence-electron chi connectivity index (χ2n) is 10.3. The van der Waals surface area contributed by atoms with Gasteiger partial charge in [-0.1, -0.05) is 88.0 Å². The van der Waals surface area contributed by atoms with E-state index in [2.05, 4.69) is 62.3 Å². The molecule has 0 aromatic rings. The molecule has 0 heteroatoms. The molecule has 0 radical (unpaired) electrons. The Balaban J connectivity index is 2.25. The van der Waals surface area contributed by atoms with Gasteiger partial charge in [0, 0.05) is 0 Å². The summed E-state index contributed by atoms with van der Waals surface area (Å²) in [6.45, 7) is 22.5. The van der Waals surface area contributed by atoms with E-state index in [0.717, 1.165) is 29.6 Å². The molecule has 2 fully saturated rings. The van der Waals surface area contributed by atoms with Gasteiger partial charge >= 0.3 is 0 Å². The molecule has 2 aliphatic carbocycles. The maximum Gasteiger partial charge on any atom is -0.0171 e. The maximum atomic E-state index is 2.67.